The molecule has 12 heavy (non-hydrogen) atoms. The Bertz CT molecular complexity index is 150. The molecule has 1 saturated carbocycles. The van der Waals surface area contributed by atoms with Crippen molar-refractivity contribution < 1.29 is 4.74 Å². The molecule has 0 aromatic carbocycles. The second kappa shape index (κ2) is 3.35. The first-order valence-corrected chi connectivity index (χ1v) is 5.15. The number of hydrogen-bond donors (Lipinski definition) is 1. The average molecular weight is 169 g/mol. The molecule has 0 atom stereocenters. The summed E-state index contributed by atoms with van der Waals surface area (Å²) in [5, 5.41) is 0. The van der Waals surface area contributed by atoms with Gasteiger partial charge in [-0.1, -0.05) is 6.42 Å². The fourth-order valence-electron chi connectivity index (χ4n) is 2.42. The van der Waals surface area contributed by atoms with Gasteiger partial charge in [0.15, 0.2) is 0 Å². The van der Waals surface area contributed by atoms with E-state index in [1.807, 2.05) is 0 Å². The number of rotatable bonds is 4. The van der Waals surface area contributed by atoms with Crippen LogP contribution in [0.1, 0.15) is 32.1 Å². The van der Waals surface area contributed by atoms with Gasteiger partial charge in [-0.2, -0.15) is 0 Å². The molecule has 2 rings (SSSR count). The van der Waals surface area contributed by atoms with Crippen LogP contribution in [-0.2, 0) is 4.74 Å². The van der Waals surface area contributed by atoms with E-state index in [9.17, 15) is 0 Å². The minimum Gasteiger partial charge on any atom is -0.380 e. The van der Waals surface area contributed by atoms with Crippen molar-refractivity contribution in [2.24, 2.45) is 17.1 Å². The molecule has 2 heteroatoms. The summed E-state index contributed by atoms with van der Waals surface area (Å²) in [6.45, 7) is 2.86. The van der Waals surface area contributed by atoms with Crippen molar-refractivity contribution in [3.8, 4) is 0 Å². The van der Waals surface area contributed by atoms with Crippen LogP contribution in [0.2, 0.25) is 0 Å². The molecule has 1 aliphatic carbocycles. The van der Waals surface area contributed by atoms with Gasteiger partial charge in [0.05, 0.1) is 13.2 Å². The van der Waals surface area contributed by atoms with E-state index in [1.165, 1.54) is 32.1 Å². The van der Waals surface area contributed by atoms with Crippen molar-refractivity contribution in [3.63, 3.8) is 0 Å². The predicted molar refractivity (Wildman–Crippen MR) is 48.9 cm³/mol. The van der Waals surface area contributed by atoms with E-state index in [4.69, 9.17) is 10.5 Å². The molecule has 0 bridgehead atoms. The summed E-state index contributed by atoms with van der Waals surface area (Å²) in [7, 11) is 0. The van der Waals surface area contributed by atoms with Gasteiger partial charge in [0.25, 0.3) is 0 Å². The topological polar surface area (TPSA) is 35.2 Å². The highest BCUT2D eigenvalue weighted by Crippen LogP contribution is 2.49. The van der Waals surface area contributed by atoms with Crippen LogP contribution >= 0.6 is 0 Å². The normalized spacial score (nSPS) is 27.8. The summed E-state index contributed by atoms with van der Waals surface area (Å²) in [6, 6.07) is 0. The standard InChI is InChI=1S/C10H19NO/c11-6-2-5-10(7-12-8-10)9-3-1-4-9/h9H,1-8,11H2. The molecule has 1 heterocycles. The Morgan fingerprint density at radius 2 is 2.08 bits per heavy atom. The zero-order chi connectivity index (χ0) is 8.44. The van der Waals surface area contributed by atoms with Crippen molar-refractivity contribution in [2.75, 3.05) is 19.8 Å². The highest BCUT2D eigenvalue weighted by atomic mass is 16.5. The third kappa shape index (κ3) is 1.27. The Kier molecular flexibility index (Phi) is 2.37. The molecule has 2 N–H and O–H groups in total. The SMILES string of the molecule is NCCCC1(C2CCC2)COC1. The molecule has 0 aromatic heterocycles. The van der Waals surface area contributed by atoms with Crippen LogP contribution < -0.4 is 5.73 Å². The Morgan fingerprint density at radius 3 is 2.42 bits per heavy atom. The Morgan fingerprint density at radius 1 is 1.33 bits per heavy atom. The fourth-order valence-corrected chi connectivity index (χ4v) is 2.42. The van der Waals surface area contributed by atoms with Crippen molar-refractivity contribution in [1.29, 1.82) is 0 Å². The second-order valence-electron chi connectivity index (χ2n) is 4.38. The highest BCUT2D eigenvalue weighted by Gasteiger charge is 2.46. The average Bonchev–Trinajstić information content (AvgIpc) is 1.90. The van der Waals surface area contributed by atoms with Crippen LogP contribution in [0.5, 0.6) is 0 Å². The first-order chi connectivity index (χ1) is 5.87. The first kappa shape index (κ1) is 8.52. The lowest BCUT2D eigenvalue weighted by atomic mass is 9.62. The lowest BCUT2D eigenvalue weighted by Gasteiger charge is -2.51. The van der Waals surface area contributed by atoms with Gasteiger partial charge in [-0.05, 0) is 38.1 Å². The highest BCUT2D eigenvalue weighted by molar-refractivity contribution is 4.95. The van der Waals surface area contributed by atoms with E-state index in [1.54, 1.807) is 0 Å². The summed E-state index contributed by atoms with van der Waals surface area (Å²) in [5.74, 6) is 0.970. The van der Waals surface area contributed by atoms with Crippen LogP contribution in [-0.4, -0.2) is 19.8 Å². The molecule has 0 spiro atoms. The van der Waals surface area contributed by atoms with Crippen molar-refractivity contribution >= 4 is 0 Å². The van der Waals surface area contributed by atoms with Gasteiger partial charge in [0, 0.05) is 5.41 Å². The maximum atomic E-state index is 5.53. The zero-order valence-corrected chi connectivity index (χ0v) is 7.72. The smallest absolute Gasteiger partial charge is 0.0547 e. The molecule has 0 amide bonds. The first-order valence-electron chi connectivity index (χ1n) is 5.15. The van der Waals surface area contributed by atoms with Gasteiger partial charge in [0.1, 0.15) is 0 Å². The fraction of sp³-hybridized carbons (Fsp3) is 1.00. The Balaban J connectivity index is 1.85. The summed E-state index contributed by atoms with van der Waals surface area (Å²) in [4.78, 5) is 0. The van der Waals surface area contributed by atoms with Gasteiger partial charge in [-0.25, -0.2) is 0 Å². The molecule has 0 radical (unpaired) electrons. The lowest BCUT2D eigenvalue weighted by molar-refractivity contribution is -0.166. The van der Waals surface area contributed by atoms with E-state index in [2.05, 4.69) is 0 Å². The van der Waals surface area contributed by atoms with E-state index in [0.29, 0.717) is 5.41 Å². The molecule has 0 aromatic rings. The zero-order valence-electron chi connectivity index (χ0n) is 7.72. The third-order valence-corrected chi connectivity index (χ3v) is 3.63. The number of hydrogen-bond acceptors (Lipinski definition) is 2. The predicted octanol–water partition coefficient (Wildman–Crippen LogP) is 1.54. The minimum atomic E-state index is 0.567. The van der Waals surface area contributed by atoms with Gasteiger partial charge < -0.3 is 10.5 Å². The molecule has 70 valence electrons. The van der Waals surface area contributed by atoms with Crippen molar-refractivity contribution in [3.05, 3.63) is 0 Å². The third-order valence-electron chi connectivity index (χ3n) is 3.63. The lowest BCUT2D eigenvalue weighted by Crippen LogP contribution is -2.50. The number of ether oxygens (including phenoxy) is 1. The van der Waals surface area contributed by atoms with Gasteiger partial charge >= 0.3 is 0 Å². The van der Waals surface area contributed by atoms with Crippen LogP contribution in [0.4, 0.5) is 0 Å². The quantitative estimate of drug-likeness (QED) is 0.693. The maximum absolute atomic E-state index is 5.53. The monoisotopic (exact) mass is 169 g/mol. The summed E-state index contributed by atoms with van der Waals surface area (Å²) < 4.78 is 5.35. The summed E-state index contributed by atoms with van der Waals surface area (Å²) >= 11 is 0. The molecular formula is C10H19NO. The Labute approximate surface area is 74.5 Å². The largest absolute Gasteiger partial charge is 0.380 e. The second-order valence-corrected chi connectivity index (χ2v) is 4.38. The molecule has 2 fully saturated rings. The van der Waals surface area contributed by atoms with Gasteiger partial charge in [-0.3, -0.25) is 0 Å². The molecule has 2 nitrogen and oxygen atoms in total. The molecular weight excluding hydrogens is 150 g/mol. The van der Waals surface area contributed by atoms with E-state index in [0.717, 1.165) is 25.7 Å². The molecule has 1 saturated heterocycles. The molecule has 0 unspecified atom stereocenters. The van der Waals surface area contributed by atoms with Crippen molar-refractivity contribution in [1.82, 2.24) is 0 Å². The van der Waals surface area contributed by atoms with Crippen LogP contribution in [0.15, 0.2) is 0 Å². The summed E-state index contributed by atoms with van der Waals surface area (Å²) in [6.07, 6.45) is 6.80. The van der Waals surface area contributed by atoms with Crippen molar-refractivity contribution in [2.45, 2.75) is 32.1 Å². The molecule has 2 aliphatic rings. The van der Waals surface area contributed by atoms with Crippen LogP contribution in [0, 0.1) is 11.3 Å². The van der Waals surface area contributed by atoms with E-state index < -0.39 is 0 Å². The van der Waals surface area contributed by atoms with E-state index in [-0.39, 0.29) is 0 Å². The van der Waals surface area contributed by atoms with Crippen LogP contribution in [0.3, 0.4) is 0 Å². The van der Waals surface area contributed by atoms with E-state index >= 15 is 0 Å². The van der Waals surface area contributed by atoms with Gasteiger partial charge in [-0.15, -0.1) is 0 Å². The summed E-state index contributed by atoms with van der Waals surface area (Å²) in [5.41, 5.74) is 6.10. The van der Waals surface area contributed by atoms with Crippen LogP contribution in [0.25, 0.3) is 0 Å². The van der Waals surface area contributed by atoms with Gasteiger partial charge in [0.2, 0.25) is 0 Å². The Hall–Kier alpha value is -0.0800. The minimum absolute atomic E-state index is 0.567. The molecule has 1 aliphatic heterocycles. The maximum Gasteiger partial charge on any atom is 0.0547 e. The number of nitrogens with two attached hydrogens (primary N) is 1.